The number of aromatic carboxylic acids is 1. The third kappa shape index (κ3) is 2.68. The number of rotatable bonds is 3. The number of halogens is 1. The summed E-state index contributed by atoms with van der Waals surface area (Å²) < 4.78 is 27.0. The van der Waals surface area contributed by atoms with Crippen LogP contribution in [0.4, 0.5) is 5.69 Å². The van der Waals surface area contributed by atoms with Crippen LogP contribution in [0.5, 0.6) is 0 Å². The van der Waals surface area contributed by atoms with E-state index in [0.717, 1.165) is 5.56 Å². The number of sulfonamides is 1. The number of carboxylic acids is 1. The van der Waals surface area contributed by atoms with Gasteiger partial charge in [0.05, 0.1) is 16.3 Å². The number of carbonyl (C=O) groups is 1. The second-order valence-corrected chi connectivity index (χ2v) is 7.65. The molecule has 0 aliphatic carbocycles. The van der Waals surface area contributed by atoms with Crippen LogP contribution in [0.1, 0.15) is 21.5 Å². The minimum absolute atomic E-state index is 0.0555. The van der Waals surface area contributed by atoms with Gasteiger partial charge in [0.1, 0.15) is 4.90 Å². The van der Waals surface area contributed by atoms with Crippen LogP contribution < -0.4 is 4.31 Å². The van der Waals surface area contributed by atoms with Crippen LogP contribution in [0.15, 0.2) is 41.3 Å². The number of hydrogen-bond donors (Lipinski definition) is 1. The van der Waals surface area contributed by atoms with Crippen molar-refractivity contribution in [1.29, 1.82) is 0 Å². The maximum Gasteiger partial charge on any atom is 0.335 e. The van der Waals surface area contributed by atoms with E-state index < -0.39 is 16.0 Å². The third-order valence-corrected chi connectivity index (χ3v) is 6.13. The Balaban J connectivity index is 2.06. The van der Waals surface area contributed by atoms with Crippen LogP contribution in [0.3, 0.4) is 0 Å². The number of carboxylic acid groups (broad SMARTS) is 1. The summed E-state index contributed by atoms with van der Waals surface area (Å²) in [4.78, 5) is 11.1. The van der Waals surface area contributed by atoms with E-state index in [1.807, 2.05) is 6.92 Å². The largest absolute Gasteiger partial charge is 0.478 e. The Morgan fingerprint density at radius 1 is 1.22 bits per heavy atom. The minimum Gasteiger partial charge on any atom is -0.478 e. The van der Waals surface area contributed by atoms with E-state index in [-0.39, 0.29) is 22.0 Å². The molecule has 0 aromatic heterocycles. The fourth-order valence-electron chi connectivity index (χ4n) is 2.69. The Hall–Kier alpha value is -2.05. The van der Waals surface area contributed by atoms with Gasteiger partial charge < -0.3 is 5.11 Å². The van der Waals surface area contributed by atoms with Gasteiger partial charge in [0, 0.05) is 6.54 Å². The molecule has 0 atom stereocenters. The lowest BCUT2D eigenvalue weighted by Crippen LogP contribution is -2.29. The van der Waals surface area contributed by atoms with Crippen LogP contribution >= 0.6 is 11.6 Å². The zero-order valence-electron chi connectivity index (χ0n) is 12.3. The van der Waals surface area contributed by atoms with Crippen molar-refractivity contribution in [1.82, 2.24) is 0 Å². The molecule has 23 heavy (non-hydrogen) atoms. The van der Waals surface area contributed by atoms with E-state index in [2.05, 4.69) is 0 Å². The first-order valence-corrected chi connectivity index (χ1v) is 8.77. The molecule has 0 amide bonds. The number of hydrogen-bond acceptors (Lipinski definition) is 3. The Kier molecular flexibility index (Phi) is 3.82. The van der Waals surface area contributed by atoms with Crippen molar-refractivity contribution in [3.8, 4) is 0 Å². The predicted octanol–water partition coefficient (Wildman–Crippen LogP) is 3.10. The van der Waals surface area contributed by atoms with Gasteiger partial charge in [-0.1, -0.05) is 17.7 Å². The van der Waals surface area contributed by atoms with E-state index in [4.69, 9.17) is 16.7 Å². The van der Waals surface area contributed by atoms with Crippen LogP contribution in [0.2, 0.25) is 5.02 Å². The summed E-state index contributed by atoms with van der Waals surface area (Å²) in [5, 5.41) is 9.21. The van der Waals surface area contributed by atoms with Crippen molar-refractivity contribution < 1.29 is 18.3 Å². The molecule has 2 aromatic rings. The van der Waals surface area contributed by atoms with Gasteiger partial charge >= 0.3 is 5.97 Å². The molecule has 120 valence electrons. The highest BCUT2D eigenvalue weighted by Crippen LogP contribution is 2.35. The molecule has 3 rings (SSSR count). The topological polar surface area (TPSA) is 74.7 Å². The molecule has 1 aliphatic rings. The smallest absolute Gasteiger partial charge is 0.335 e. The normalized spacial score (nSPS) is 13.9. The van der Waals surface area contributed by atoms with Crippen molar-refractivity contribution in [3.63, 3.8) is 0 Å². The molecule has 1 N–H and O–H groups in total. The molecule has 0 saturated heterocycles. The van der Waals surface area contributed by atoms with Crippen molar-refractivity contribution in [3.05, 3.63) is 58.1 Å². The summed E-state index contributed by atoms with van der Waals surface area (Å²) in [6, 6.07) is 9.26. The summed E-state index contributed by atoms with van der Waals surface area (Å²) in [6.45, 7) is 2.10. The summed E-state index contributed by atoms with van der Waals surface area (Å²) in [5.41, 5.74) is 2.24. The molecule has 0 unspecified atom stereocenters. The van der Waals surface area contributed by atoms with Crippen LogP contribution in [-0.4, -0.2) is 26.0 Å². The van der Waals surface area contributed by atoms with Gasteiger partial charge in [-0.15, -0.1) is 0 Å². The second-order valence-electron chi connectivity index (χ2n) is 5.41. The van der Waals surface area contributed by atoms with Gasteiger partial charge in [0.25, 0.3) is 10.0 Å². The summed E-state index contributed by atoms with van der Waals surface area (Å²) in [7, 11) is -3.78. The standard InChI is InChI=1S/C16H14ClNO4S/c1-10-2-5-15(13(17)8-10)23(21,22)18-7-6-11-9-12(16(19)20)3-4-14(11)18/h2-5,8-9H,6-7H2,1H3,(H,19,20). The zero-order chi connectivity index (χ0) is 16.8. The molecular weight excluding hydrogens is 338 g/mol. The molecule has 0 bridgehead atoms. The molecule has 0 radical (unpaired) electrons. The third-order valence-electron chi connectivity index (χ3n) is 3.83. The molecule has 0 spiro atoms. The average molecular weight is 352 g/mol. The summed E-state index contributed by atoms with van der Waals surface area (Å²) >= 11 is 6.10. The van der Waals surface area contributed by atoms with E-state index in [1.54, 1.807) is 12.1 Å². The maximum atomic E-state index is 12.9. The lowest BCUT2D eigenvalue weighted by molar-refractivity contribution is 0.0697. The van der Waals surface area contributed by atoms with Crippen LogP contribution in [-0.2, 0) is 16.4 Å². The average Bonchev–Trinajstić information content (AvgIpc) is 2.90. The quantitative estimate of drug-likeness (QED) is 0.922. The van der Waals surface area contributed by atoms with Crippen molar-refractivity contribution in [2.75, 3.05) is 10.8 Å². The molecule has 1 aliphatic heterocycles. The van der Waals surface area contributed by atoms with Gasteiger partial charge in [0.15, 0.2) is 0 Å². The van der Waals surface area contributed by atoms with Gasteiger partial charge in [0.2, 0.25) is 0 Å². The maximum absolute atomic E-state index is 12.9. The first-order valence-electron chi connectivity index (χ1n) is 6.96. The molecule has 0 saturated carbocycles. The van der Waals surface area contributed by atoms with E-state index >= 15 is 0 Å². The molecular formula is C16H14ClNO4S. The zero-order valence-corrected chi connectivity index (χ0v) is 13.9. The fraction of sp³-hybridized carbons (Fsp3) is 0.188. The Morgan fingerprint density at radius 2 is 1.96 bits per heavy atom. The summed E-state index contributed by atoms with van der Waals surface area (Å²) in [5.74, 6) is -1.03. The van der Waals surface area contributed by atoms with Crippen LogP contribution in [0.25, 0.3) is 0 Å². The lowest BCUT2D eigenvalue weighted by atomic mass is 10.1. The fourth-order valence-corrected chi connectivity index (χ4v) is 4.77. The highest BCUT2D eigenvalue weighted by Gasteiger charge is 2.32. The molecule has 2 aromatic carbocycles. The molecule has 0 fully saturated rings. The Labute approximate surface area is 139 Å². The predicted molar refractivity (Wildman–Crippen MR) is 87.8 cm³/mol. The number of aryl methyl sites for hydroxylation is 1. The highest BCUT2D eigenvalue weighted by atomic mass is 35.5. The highest BCUT2D eigenvalue weighted by molar-refractivity contribution is 7.93. The minimum atomic E-state index is -3.78. The van der Waals surface area contributed by atoms with E-state index in [1.165, 1.54) is 28.6 Å². The monoisotopic (exact) mass is 351 g/mol. The van der Waals surface area contributed by atoms with Gasteiger partial charge in [-0.25, -0.2) is 13.2 Å². The van der Waals surface area contributed by atoms with Gasteiger partial charge in [-0.3, -0.25) is 4.31 Å². The SMILES string of the molecule is Cc1ccc(S(=O)(=O)N2CCc3cc(C(=O)O)ccc32)c(Cl)c1. The molecule has 5 nitrogen and oxygen atoms in total. The van der Waals surface area contributed by atoms with Crippen molar-refractivity contribution in [2.45, 2.75) is 18.2 Å². The number of benzene rings is 2. The van der Waals surface area contributed by atoms with E-state index in [0.29, 0.717) is 17.7 Å². The first-order chi connectivity index (χ1) is 10.8. The van der Waals surface area contributed by atoms with Gasteiger partial charge in [-0.05, 0) is 54.8 Å². The molecule has 7 heteroatoms. The number of fused-ring (bicyclic) bond motifs is 1. The molecule has 1 heterocycles. The second kappa shape index (κ2) is 5.54. The van der Waals surface area contributed by atoms with Crippen LogP contribution in [0, 0.1) is 6.92 Å². The summed E-state index contributed by atoms with van der Waals surface area (Å²) in [6.07, 6.45) is 0.471. The Bertz CT molecular complexity index is 908. The Morgan fingerprint density at radius 3 is 2.61 bits per heavy atom. The number of anilines is 1. The van der Waals surface area contributed by atoms with E-state index in [9.17, 15) is 13.2 Å². The lowest BCUT2D eigenvalue weighted by Gasteiger charge is -2.20. The van der Waals surface area contributed by atoms with Crippen molar-refractivity contribution >= 4 is 33.3 Å². The first kappa shape index (κ1) is 15.8. The number of nitrogens with zero attached hydrogens (tertiary/aromatic N) is 1. The van der Waals surface area contributed by atoms with Crippen molar-refractivity contribution in [2.24, 2.45) is 0 Å². The van der Waals surface area contributed by atoms with Gasteiger partial charge in [-0.2, -0.15) is 0 Å².